The molecule has 1 aromatic carbocycles. The summed E-state index contributed by atoms with van der Waals surface area (Å²) in [5.41, 5.74) is 1.27. The molecule has 0 unspecified atom stereocenters. The van der Waals surface area contributed by atoms with E-state index in [4.69, 9.17) is 4.42 Å². The second kappa shape index (κ2) is 5.31. The molecule has 23 heavy (non-hydrogen) atoms. The van der Waals surface area contributed by atoms with Crippen molar-refractivity contribution in [1.82, 2.24) is 15.2 Å². The highest BCUT2D eigenvalue weighted by molar-refractivity contribution is 5.96. The number of non-ortho nitro benzene ring substituents is 1. The molecule has 4 rings (SSSR count). The van der Waals surface area contributed by atoms with Crippen LogP contribution in [0.1, 0.15) is 30.5 Å². The molecule has 1 aliphatic rings. The largest absolute Gasteiger partial charge is 0.423 e. The minimum absolute atomic E-state index is 0.0347. The molecule has 0 radical (unpaired) electrons. The molecule has 0 spiro atoms. The number of fused-ring (bicyclic) bond motifs is 1. The van der Waals surface area contributed by atoms with Crippen LogP contribution < -0.4 is 5.32 Å². The smallest absolute Gasteiger partial charge is 0.278 e. The van der Waals surface area contributed by atoms with Crippen molar-refractivity contribution in [3.63, 3.8) is 0 Å². The van der Waals surface area contributed by atoms with Gasteiger partial charge in [0, 0.05) is 18.2 Å². The highest BCUT2D eigenvalue weighted by Gasteiger charge is 2.29. The van der Waals surface area contributed by atoms with Gasteiger partial charge in [0.1, 0.15) is 5.52 Å². The fraction of sp³-hybridized carbons (Fsp3) is 0.267. The van der Waals surface area contributed by atoms with Gasteiger partial charge in [0.15, 0.2) is 0 Å². The van der Waals surface area contributed by atoms with Crippen molar-refractivity contribution in [2.24, 2.45) is 0 Å². The van der Waals surface area contributed by atoms with E-state index in [9.17, 15) is 10.1 Å². The van der Waals surface area contributed by atoms with Crippen LogP contribution >= 0.6 is 0 Å². The number of rotatable bonds is 5. The number of aromatic nitrogens is 3. The first-order valence-electron chi connectivity index (χ1n) is 7.30. The summed E-state index contributed by atoms with van der Waals surface area (Å²) in [6, 6.07) is 6.48. The average Bonchev–Trinajstić information content (AvgIpc) is 3.31. The first-order valence-corrected chi connectivity index (χ1v) is 7.30. The van der Waals surface area contributed by atoms with Gasteiger partial charge in [0.25, 0.3) is 5.69 Å². The van der Waals surface area contributed by atoms with Crippen LogP contribution in [0.25, 0.3) is 10.9 Å². The van der Waals surface area contributed by atoms with Gasteiger partial charge < -0.3 is 9.73 Å². The lowest BCUT2D eigenvalue weighted by Crippen LogP contribution is -2.02. The summed E-state index contributed by atoms with van der Waals surface area (Å²) in [6.45, 7) is 0.350. The third kappa shape index (κ3) is 2.59. The van der Waals surface area contributed by atoms with Gasteiger partial charge >= 0.3 is 0 Å². The molecular formula is C15H13N5O3. The lowest BCUT2D eigenvalue weighted by molar-refractivity contribution is -0.383. The minimum Gasteiger partial charge on any atom is -0.423 e. The zero-order valence-corrected chi connectivity index (χ0v) is 12.1. The molecule has 0 aliphatic heterocycles. The third-order valence-electron chi connectivity index (χ3n) is 3.78. The maximum absolute atomic E-state index is 11.1. The van der Waals surface area contributed by atoms with Crippen molar-refractivity contribution >= 4 is 22.3 Å². The van der Waals surface area contributed by atoms with Gasteiger partial charge in [-0.05, 0) is 31.0 Å². The molecule has 8 nitrogen and oxygen atoms in total. The van der Waals surface area contributed by atoms with E-state index in [0.29, 0.717) is 40.8 Å². The standard InChI is InChI=1S/C15H13N5O3/c21-20(22)12-6-5-11(14-10(12)2-1-7-16-14)17-8-13-18-19-15(23-13)9-3-4-9/h1-2,5-7,9,17H,3-4,8H2. The molecule has 1 N–H and O–H groups in total. The first kappa shape index (κ1) is 13.6. The van der Waals surface area contributed by atoms with E-state index in [1.54, 1.807) is 24.4 Å². The van der Waals surface area contributed by atoms with E-state index in [1.165, 1.54) is 6.07 Å². The molecule has 1 fully saturated rings. The summed E-state index contributed by atoms with van der Waals surface area (Å²) in [5.74, 6) is 1.60. The first-order chi connectivity index (χ1) is 11.2. The number of nitro benzene ring substituents is 1. The molecule has 2 heterocycles. The highest BCUT2D eigenvalue weighted by atomic mass is 16.6. The van der Waals surface area contributed by atoms with Gasteiger partial charge in [0.05, 0.1) is 22.5 Å². The Morgan fingerprint density at radius 1 is 1.30 bits per heavy atom. The Morgan fingerprint density at radius 3 is 2.96 bits per heavy atom. The van der Waals surface area contributed by atoms with Gasteiger partial charge in [-0.2, -0.15) is 0 Å². The number of benzene rings is 1. The lowest BCUT2D eigenvalue weighted by atomic mass is 10.1. The van der Waals surface area contributed by atoms with Crippen LogP contribution in [0.5, 0.6) is 0 Å². The van der Waals surface area contributed by atoms with Crippen LogP contribution in [0.4, 0.5) is 11.4 Å². The molecule has 8 heteroatoms. The lowest BCUT2D eigenvalue weighted by Gasteiger charge is -2.07. The van der Waals surface area contributed by atoms with E-state index in [0.717, 1.165) is 12.8 Å². The third-order valence-corrected chi connectivity index (χ3v) is 3.78. The zero-order chi connectivity index (χ0) is 15.8. The monoisotopic (exact) mass is 311 g/mol. The molecule has 1 aliphatic carbocycles. The summed E-state index contributed by atoms with van der Waals surface area (Å²) >= 11 is 0. The van der Waals surface area contributed by atoms with E-state index in [1.807, 2.05) is 0 Å². The van der Waals surface area contributed by atoms with Gasteiger partial charge in [-0.3, -0.25) is 15.1 Å². The zero-order valence-electron chi connectivity index (χ0n) is 12.1. The van der Waals surface area contributed by atoms with Gasteiger partial charge in [-0.25, -0.2) is 0 Å². The van der Waals surface area contributed by atoms with E-state index < -0.39 is 4.92 Å². The Labute approximate surface area is 130 Å². The van der Waals surface area contributed by atoms with E-state index in [-0.39, 0.29) is 5.69 Å². The van der Waals surface area contributed by atoms with Gasteiger partial charge in [0.2, 0.25) is 11.8 Å². The summed E-state index contributed by atoms with van der Waals surface area (Å²) in [7, 11) is 0. The predicted molar refractivity (Wildman–Crippen MR) is 82.0 cm³/mol. The summed E-state index contributed by atoms with van der Waals surface area (Å²) in [6.07, 6.45) is 3.81. The quantitative estimate of drug-likeness (QED) is 0.570. The summed E-state index contributed by atoms with van der Waals surface area (Å²) in [4.78, 5) is 14.9. The van der Waals surface area contributed by atoms with Crippen LogP contribution in [0.15, 0.2) is 34.9 Å². The molecule has 0 atom stereocenters. The fourth-order valence-corrected chi connectivity index (χ4v) is 2.46. The average molecular weight is 311 g/mol. The molecule has 0 bridgehead atoms. The van der Waals surface area contributed by atoms with Crippen molar-refractivity contribution in [2.75, 3.05) is 5.32 Å². The molecule has 116 valence electrons. The van der Waals surface area contributed by atoms with E-state index >= 15 is 0 Å². The number of pyridine rings is 1. The van der Waals surface area contributed by atoms with Crippen LogP contribution in [-0.4, -0.2) is 20.1 Å². The van der Waals surface area contributed by atoms with Crippen molar-refractivity contribution in [1.29, 1.82) is 0 Å². The molecule has 0 amide bonds. The Kier molecular flexibility index (Phi) is 3.14. The number of nitrogens with one attached hydrogen (secondary N) is 1. The van der Waals surface area contributed by atoms with Crippen molar-refractivity contribution in [2.45, 2.75) is 25.3 Å². The maximum Gasteiger partial charge on any atom is 0.278 e. The Bertz CT molecular complexity index is 888. The summed E-state index contributed by atoms with van der Waals surface area (Å²) < 4.78 is 5.59. The fourth-order valence-electron chi connectivity index (χ4n) is 2.46. The Balaban J connectivity index is 1.60. The van der Waals surface area contributed by atoms with Crippen molar-refractivity contribution < 1.29 is 9.34 Å². The Morgan fingerprint density at radius 2 is 2.17 bits per heavy atom. The maximum atomic E-state index is 11.1. The molecule has 0 saturated heterocycles. The van der Waals surface area contributed by atoms with Crippen LogP contribution in [0.3, 0.4) is 0 Å². The minimum atomic E-state index is -0.409. The number of hydrogen-bond donors (Lipinski definition) is 1. The normalized spacial score (nSPS) is 14.1. The number of nitrogens with zero attached hydrogens (tertiary/aromatic N) is 4. The van der Waals surface area contributed by atoms with E-state index in [2.05, 4.69) is 20.5 Å². The van der Waals surface area contributed by atoms with Crippen molar-refractivity contribution in [3.8, 4) is 0 Å². The molecular weight excluding hydrogens is 298 g/mol. The number of anilines is 1. The topological polar surface area (TPSA) is 107 Å². The SMILES string of the molecule is O=[N+]([O-])c1ccc(NCc2nnc(C3CC3)o2)c2ncccc12. The van der Waals surface area contributed by atoms with Crippen LogP contribution in [0, 0.1) is 10.1 Å². The van der Waals surface area contributed by atoms with Crippen molar-refractivity contribution in [3.05, 3.63) is 52.4 Å². The Hall–Kier alpha value is -3.03. The predicted octanol–water partition coefficient (Wildman–Crippen LogP) is 3.02. The number of hydrogen-bond acceptors (Lipinski definition) is 7. The molecule has 2 aromatic heterocycles. The van der Waals surface area contributed by atoms with Gasteiger partial charge in [-0.1, -0.05) is 0 Å². The highest BCUT2D eigenvalue weighted by Crippen LogP contribution is 2.39. The van der Waals surface area contributed by atoms with Crippen LogP contribution in [-0.2, 0) is 6.54 Å². The van der Waals surface area contributed by atoms with Crippen LogP contribution in [0.2, 0.25) is 0 Å². The second-order valence-electron chi connectivity index (χ2n) is 5.45. The molecule has 3 aromatic rings. The number of nitro groups is 1. The molecule has 1 saturated carbocycles. The summed E-state index contributed by atoms with van der Waals surface area (Å²) in [5, 5.41) is 22.8. The second-order valence-corrected chi connectivity index (χ2v) is 5.45. The van der Waals surface area contributed by atoms with Gasteiger partial charge in [-0.15, -0.1) is 10.2 Å².